The fourth-order valence-corrected chi connectivity index (χ4v) is 1.92. The van der Waals surface area contributed by atoms with Crippen molar-refractivity contribution in [2.75, 3.05) is 6.54 Å². The summed E-state index contributed by atoms with van der Waals surface area (Å²) in [5, 5.41) is 21.8. The minimum absolute atomic E-state index is 0.339. The van der Waals surface area contributed by atoms with Gasteiger partial charge in [0.15, 0.2) is 0 Å². The van der Waals surface area contributed by atoms with Crippen molar-refractivity contribution in [2.24, 2.45) is 5.73 Å². The topological polar surface area (TPSA) is 78.5 Å². The van der Waals surface area contributed by atoms with Gasteiger partial charge in [-0.2, -0.15) is 0 Å². The molecule has 18 heavy (non-hydrogen) atoms. The molecule has 0 spiro atoms. The zero-order valence-corrected chi connectivity index (χ0v) is 11.2. The molecule has 0 amide bonds. The Kier molecular flexibility index (Phi) is 6.29. The van der Waals surface area contributed by atoms with E-state index >= 15 is 0 Å². The number of nitrogens with two attached hydrogens (primary N) is 1. The van der Waals surface area contributed by atoms with E-state index in [1.807, 2.05) is 12.1 Å². The van der Waals surface area contributed by atoms with Crippen LogP contribution in [0.5, 0.6) is 0 Å². The summed E-state index contributed by atoms with van der Waals surface area (Å²) < 4.78 is 0. The Morgan fingerprint density at radius 3 is 2.44 bits per heavy atom. The lowest BCUT2D eigenvalue weighted by atomic mass is 9.99. The smallest absolute Gasteiger partial charge is 0.0636 e. The molecular formula is C14H24N2O2. The Balaban J connectivity index is 2.66. The highest BCUT2D eigenvalue weighted by molar-refractivity contribution is 5.32. The second-order valence-corrected chi connectivity index (χ2v) is 4.84. The number of aliphatic hydroxyl groups excluding tert-OH is 2. The predicted molar refractivity (Wildman–Crippen MR) is 73.1 cm³/mol. The van der Waals surface area contributed by atoms with Crippen LogP contribution in [0.1, 0.15) is 30.5 Å². The van der Waals surface area contributed by atoms with Gasteiger partial charge in [-0.25, -0.2) is 0 Å². The van der Waals surface area contributed by atoms with E-state index in [1.54, 1.807) is 13.8 Å². The maximum absolute atomic E-state index is 9.42. The van der Waals surface area contributed by atoms with Crippen molar-refractivity contribution in [1.82, 2.24) is 5.32 Å². The molecule has 0 aromatic heterocycles. The lowest BCUT2D eigenvalue weighted by Crippen LogP contribution is -2.24. The van der Waals surface area contributed by atoms with Crippen LogP contribution in [0.25, 0.3) is 0 Å². The molecule has 2 unspecified atom stereocenters. The third-order valence-electron chi connectivity index (χ3n) is 2.77. The van der Waals surface area contributed by atoms with Crippen molar-refractivity contribution in [3.8, 4) is 0 Å². The minimum atomic E-state index is -0.352. The van der Waals surface area contributed by atoms with Crippen molar-refractivity contribution in [2.45, 2.75) is 45.6 Å². The lowest BCUT2D eigenvalue weighted by Gasteiger charge is -2.13. The highest BCUT2D eigenvalue weighted by Crippen LogP contribution is 2.14. The number of hydrogen-bond donors (Lipinski definition) is 4. The molecule has 1 rings (SSSR count). The first-order valence-corrected chi connectivity index (χ1v) is 6.40. The second-order valence-electron chi connectivity index (χ2n) is 4.84. The molecule has 5 N–H and O–H groups in total. The third kappa shape index (κ3) is 5.14. The largest absolute Gasteiger partial charge is 0.393 e. The summed E-state index contributed by atoms with van der Waals surface area (Å²) in [5.41, 5.74) is 9.05. The molecule has 0 aliphatic rings. The average Bonchev–Trinajstić information content (AvgIpc) is 2.29. The zero-order chi connectivity index (χ0) is 13.5. The molecule has 1 aromatic rings. The molecule has 2 atom stereocenters. The molecular weight excluding hydrogens is 228 g/mol. The number of aliphatic hydroxyl groups is 2. The SMILES string of the molecule is CC(O)CNCc1ccc(CC(C)O)c(CN)c1. The first kappa shape index (κ1) is 15.1. The second kappa shape index (κ2) is 7.48. The molecule has 0 bridgehead atoms. The molecule has 102 valence electrons. The lowest BCUT2D eigenvalue weighted by molar-refractivity contribution is 0.191. The van der Waals surface area contributed by atoms with E-state index in [1.165, 1.54) is 0 Å². The monoisotopic (exact) mass is 252 g/mol. The van der Waals surface area contributed by atoms with E-state index in [0.717, 1.165) is 16.7 Å². The summed E-state index contributed by atoms with van der Waals surface area (Å²) >= 11 is 0. The summed E-state index contributed by atoms with van der Waals surface area (Å²) in [6.07, 6.45) is -0.0588. The van der Waals surface area contributed by atoms with Crippen LogP contribution in [0.3, 0.4) is 0 Å². The average molecular weight is 252 g/mol. The Hall–Kier alpha value is -0.940. The summed E-state index contributed by atoms with van der Waals surface area (Å²) in [6.45, 7) is 5.30. The van der Waals surface area contributed by atoms with E-state index in [4.69, 9.17) is 10.8 Å². The molecule has 0 heterocycles. The maximum Gasteiger partial charge on any atom is 0.0636 e. The van der Waals surface area contributed by atoms with Gasteiger partial charge in [0.05, 0.1) is 12.2 Å². The Bertz CT molecular complexity index is 365. The number of hydrogen-bond acceptors (Lipinski definition) is 4. The summed E-state index contributed by atoms with van der Waals surface area (Å²) in [5.74, 6) is 0. The molecule has 4 nitrogen and oxygen atoms in total. The fourth-order valence-electron chi connectivity index (χ4n) is 1.92. The normalized spacial score (nSPS) is 14.5. The Labute approximate surface area is 109 Å². The van der Waals surface area contributed by atoms with Crippen molar-refractivity contribution in [1.29, 1.82) is 0 Å². The van der Waals surface area contributed by atoms with Gasteiger partial charge in [0.25, 0.3) is 0 Å². The molecule has 1 aromatic carbocycles. The van der Waals surface area contributed by atoms with Crippen LogP contribution in [0.4, 0.5) is 0 Å². The molecule has 0 saturated carbocycles. The van der Waals surface area contributed by atoms with Gasteiger partial charge >= 0.3 is 0 Å². The quantitative estimate of drug-likeness (QED) is 0.571. The van der Waals surface area contributed by atoms with Crippen LogP contribution < -0.4 is 11.1 Å². The van der Waals surface area contributed by atoms with Crippen LogP contribution in [-0.2, 0) is 19.5 Å². The summed E-state index contributed by atoms with van der Waals surface area (Å²) in [7, 11) is 0. The van der Waals surface area contributed by atoms with Gasteiger partial charge in [0, 0.05) is 19.6 Å². The van der Waals surface area contributed by atoms with Crippen LogP contribution in [-0.4, -0.2) is 29.0 Å². The molecule has 0 saturated heterocycles. The maximum atomic E-state index is 9.42. The van der Waals surface area contributed by atoms with Crippen LogP contribution in [0, 0.1) is 0 Å². The van der Waals surface area contributed by atoms with Crippen molar-refractivity contribution in [3.63, 3.8) is 0 Å². The first-order valence-electron chi connectivity index (χ1n) is 6.40. The van der Waals surface area contributed by atoms with Gasteiger partial charge in [-0.3, -0.25) is 0 Å². The van der Waals surface area contributed by atoms with E-state index < -0.39 is 0 Å². The van der Waals surface area contributed by atoms with Crippen molar-refractivity contribution in [3.05, 3.63) is 34.9 Å². The molecule has 0 fully saturated rings. The number of nitrogens with one attached hydrogen (secondary N) is 1. The third-order valence-corrected chi connectivity index (χ3v) is 2.77. The van der Waals surface area contributed by atoms with Crippen LogP contribution >= 0.6 is 0 Å². The van der Waals surface area contributed by atoms with Gasteiger partial charge in [-0.05, 0) is 37.0 Å². The highest BCUT2D eigenvalue weighted by Gasteiger charge is 2.06. The predicted octanol–water partition coefficient (Wildman–Crippen LogP) is 0.539. The standard InChI is InChI=1S/C14H24N2O2/c1-10(17)5-13-4-3-12(6-14(13)7-15)9-16-8-11(2)18/h3-4,6,10-11,16-18H,5,7-9,15H2,1-2H3. The van der Waals surface area contributed by atoms with Gasteiger partial charge in [-0.15, -0.1) is 0 Å². The van der Waals surface area contributed by atoms with E-state index in [9.17, 15) is 5.11 Å². The molecule has 0 aliphatic heterocycles. The van der Waals surface area contributed by atoms with Crippen LogP contribution in [0.2, 0.25) is 0 Å². The molecule has 4 heteroatoms. The van der Waals surface area contributed by atoms with E-state index in [2.05, 4.69) is 11.4 Å². The number of rotatable bonds is 7. The molecule has 0 radical (unpaired) electrons. The highest BCUT2D eigenvalue weighted by atomic mass is 16.3. The number of benzene rings is 1. The Morgan fingerprint density at radius 2 is 1.89 bits per heavy atom. The van der Waals surface area contributed by atoms with Gasteiger partial charge in [-0.1, -0.05) is 18.2 Å². The van der Waals surface area contributed by atoms with Gasteiger partial charge in [0.2, 0.25) is 0 Å². The van der Waals surface area contributed by atoms with E-state index in [-0.39, 0.29) is 12.2 Å². The minimum Gasteiger partial charge on any atom is -0.393 e. The van der Waals surface area contributed by atoms with E-state index in [0.29, 0.717) is 26.1 Å². The fraction of sp³-hybridized carbons (Fsp3) is 0.571. The van der Waals surface area contributed by atoms with Gasteiger partial charge < -0.3 is 21.3 Å². The van der Waals surface area contributed by atoms with Gasteiger partial charge in [0.1, 0.15) is 0 Å². The molecule has 0 aliphatic carbocycles. The van der Waals surface area contributed by atoms with Crippen molar-refractivity contribution < 1.29 is 10.2 Å². The summed E-state index contributed by atoms with van der Waals surface area (Å²) in [6, 6.07) is 6.12. The van der Waals surface area contributed by atoms with Crippen molar-refractivity contribution >= 4 is 0 Å². The first-order chi connectivity index (χ1) is 8.52. The Morgan fingerprint density at radius 1 is 1.17 bits per heavy atom. The summed E-state index contributed by atoms with van der Waals surface area (Å²) in [4.78, 5) is 0. The van der Waals surface area contributed by atoms with Crippen LogP contribution in [0.15, 0.2) is 18.2 Å². The zero-order valence-electron chi connectivity index (χ0n) is 11.2.